The summed E-state index contributed by atoms with van der Waals surface area (Å²) in [5, 5.41) is 5.79. The highest BCUT2D eigenvalue weighted by molar-refractivity contribution is 5.90. The number of urea groups is 1. The fourth-order valence-corrected chi connectivity index (χ4v) is 2.58. The summed E-state index contributed by atoms with van der Waals surface area (Å²) in [6, 6.07) is 6.09. The molecule has 0 spiro atoms. The topological polar surface area (TPSA) is 50.4 Å². The molecule has 0 bridgehead atoms. The van der Waals surface area contributed by atoms with E-state index < -0.39 is 0 Å². The number of hydrogen-bond donors (Lipinski definition) is 2. The molecule has 2 amide bonds. The molecule has 1 saturated heterocycles. The minimum atomic E-state index is -0.157. The summed E-state index contributed by atoms with van der Waals surface area (Å²) >= 11 is 0. The number of rotatable bonds is 6. The second-order valence-corrected chi connectivity index (χ2v) is 5.72. The number of benzene rings is 1. The van der Waals surface area contributed by atoms with Crippen molar-refractivity contribution in [1.82, 2.24) is 5.32 Å². The molecule has 1 aromatic carbocycles. The quantitative estimate of drug-likeness (QED) is 0.840. The number of aryl methyl sites for hydroxylation is 2. The molecule has 0 aliphatic carbocycles. The molecule has 0 radical (unpaired) electrons. The summed E-state index contributed by atoms with van der Waals surface area (Å²) in [7, 11) is 0. The number of nitrogens with one attached hydrogen (secondary N) is 2. The van der Waals surface area contributed by atoms with Gasteiger partial charge in [-0.15, -0.1) is 0 Å². The molecule has 21 heavy (non-hydrogen) atoms. The maximum atomic E-state index is 11.9. The molecule has 0 aromatic heterocycles. The third-order valence-corrected chi connectivity index (χ3v) is 3.87. The van der Waals surface area contributed by atoms with Crippen molar-refractivity contribution in [2.24, 2.45) is 0 Å². The lowest BCUT2D eigenvalue weighted by Gasteiger charge is -2.13. The van der Waals surface area contributed by atoms with Crippen LogP contribution in [0.15, 0.2) is 18.2 Å². The number of ether oxygens (including phenoxy) is 1. The van der Waals surface area contributed by atoms with Crippen LogP contribution in [-0.2, 0) is 11.2 Å². The van der Waals surface area contributed by atoms with Crippen LogP contribution in [0.3, 0.4) is 0 Å². The molecule has 1 atom stereocenters. The number of unbranched alkanes of at least 4 members (excludes halogenated alkanes) is 1. The van der Waals surface area contributed by atoms with Crippen molar-refractivity contribution in [3.63, 3.8) is 0 Å². The van der Waals surface area contributed by atoms with Crippen LogP contribution in [0.4, 0.5) is 10.5 Å². The lowest BCUT2D eigenvalue weighted by Crippen LogP contribution is -2.35. The Kier molecular flexibility index (Phi) is 6.05. The molecule has 0 saturated carbocycles. The Hall–Kier alpha value is -1.55. The highest BCUT2D eigenvalue weighted by Gasteiger charge is 2.16. The van der Waals surface area contributed by atoms with Crippen LogP contribution in [0.1, 0.15) is 43.7 Å². The van der Waals surface area contributed by atoms with Crippen molar-refractivity contribution in [3.8, 4) is 0 Å². The van der Waals surface area contributed by atoms with E-state index in [1.54, 1.807) is 0 Å². The van der Waals surface area contributed by atoms with Gasteiger partial charge in [0, 0.05) is 18.8 Å². The maximum Gasteiger partial charge on any atom is 0.319 e. The molecule has 1 fully saturated rings. The summed E-state index contributed by atoms with van der Waals surface area (Å²) in [5.41, 5.74) is 3.32. The summed E-state index contributed by atoms with van der Waals surface area (Å²) in [6.45, 7) is 5.62. The zero-order valence-corrected chi connectivity index (χ0v) is 13.1. The monoisotopic (exact) mass is 290 g/mol. The second kappa shape index (κ2) is 8.03. The molecule has 1 aliphatic heterocycles. The van der Waals surface area contributed by atoms with Crippen molar-refractivity contribution in [2.75, 3.05) is 18.5 Å². The molecule has 1 aromatic rings. The van der Waals surface area contributed by atoms with E-state index in [9.17, 15) is 4.79 Å². The van der Waals surface area contributed by atoms with Crippen LogP contribution in [0.2, 0.25) is 0 Å². The highest BCUT2D eigenvalue weighted by atomic mass is 16.5. The maximum absolute atomic E-state index is 11.9. The zero-order valence-electron chi connectivity index (χ0n) is 13.1. The Morgan fingerprint density at radius 2 is 2.29 bits per heavy atom. The molecule has 1 heterocycles. The van der Waals surface area contributed by atoms with Crippen molar-refractivity contribution >= 4 is 11.7 Å². The Bertz CT molecular complexity index is 468. The largest absolute Gasteiger partial charge is 0.376 e. The molecule has 116 valence electrons. The fraction of sp³-hybridized carbons (Fsp3) is 0.588. The molecule has 4 heteroatoms. The van der Waals surface area contributed by atoms with Crippen molar-refractivity contribution in [3.05, 3.63) is 29.3 Å². The van der Waals surface area contributed by atoms with Crippen LogP contribution in [0, 0.1) is 6.92 Å². The van der Waals surface area contributed by atoms with Gasteiger partial charge in [0.15, 0.2) is 0 Å². The van der Waals surface area contributed by atoms with Crippen LogP contribution < -0.4 is 10.6 Å². The fourth-order valence-electron chi connectivity index (χ4n) is 2.58. The molecular weight excluding hydrogens is 264 g/mol. The summed E-state index contributed by atoms with van der Waals surface area (Å²) < 4.78 is 5.49. The van der Waals surface area contributed by atoms with Crippen LogP contribution in [0.5, 0.6) is 0 Å². The minimum absolute atomic E-state index is 0.157. The van der Waals surface area contributed by atoms with E-state index in [0.29, 0.717) is 6.54 Å². The van der Waals surface area contributed by atoms with Gasteiger partial charge < -0.3 is 15.4 Å². The van der Waals surface area contributed by atoms with E-state index in [-0.39, 0.29) is 12.1 Å². The number of carbonyl (C=O) groups excluding carboxylic acids is 1. The third kappa shape index (κ3) is 5.05. The third-order valence-electron chi connectivity index (χ3n) is 3.87. The first-order chi connectivity index (χ1) is 10.2. The highest BCUT2D eigenvalue weighted by Crippen LogP contribution is 2.18. The van der Waals surface area contributed by atoms with Crippen molar-refractivity contribution < 1.29 is 9.53 Å². The normalized spacial score (nSPS) is 17.7. The average Bonchev–Trinajstić information content (AvgIpc) is 2.99. The lowest BCUT2D eigenvalue weighted by atomic mass is 10.0. The first-order valence-corrected chi connectivity index (χ1v) is 7.95. The first kappa shape index (κ1) is 15.8. The number of carbonyl (C=O) groups is 1. The number of amides is 2. The van der Waals surface area contributed by atoms with Gasteiger partial charge in [-0.25, -0.2) is 4.79 Å². The number of anilines is 1. The Labute approximate surface area is 127 Å². The predicted octanol–water partition coefficient (Wildman–Crippen LogP) is 3.64. The summed E-state index contributed by atoms with van der Waals surface area (Å²) in [5.74, 6) is 0. The van der Waals surface area contributed by atoms with Crippen LogP contribution in [0.25, 0.3) is 0 Å². The Balaban J connectivity index is 1.82. The smallest absolute Gasteiger partial charge is 0.319 e. The molecule has 2 rings (SSSR count). The Morgan fingerprint density at radius 1 is 1.43 bits per heavy atom. The van der Waals surface area contributed by atoms with Gasteiger partial charge in [-0.1, -0.05) is 25.5 Å². The summed E-state index contributed by atoms with van der Waals surface area (Å²) in [6.07, 6.45) is 5.80. The molecule has 4 nitrogen and oxygen atoms in total. The second-order valence-electron chi connectivity index (χ2n) is 5.72. The van der Waals surface area contributed by atoms with Gasteiger partial charge in [-0.3, -0.25) is 0 Å². The van der Waals surface area contributed by atoms with E-state index in [2.05, 4.69) is 29.7 Å². The number of hydrogen-bond acceptors (Lipinski definition) is 2. The van der Waals surface area contributed by atoms with Gasteiger partial charge in [-0.2, -0.15) is 0 Å². The van der Waals surface area contributed by atoms with Gasteiger partial charge in [0.25, 0.3) is 0 Å². The minimum Gasteiger partial charge on any atom is -0.376 e. The standard InChI is InChI=1S/C17H26N2O2/c1-3-4-6-14-8-9-16(13(2)11-14)19-17(20)18-12-15-7-5-10-21-15/h8-9,11,15H,3-7,10,12H2,1-2H3,(H2,18,19,20). The van der Waals surface area contributed by atoms with Gasteiger partial charge in [0.2, 0.25) is 0 Å². The van der Waals surface area contributed by atoms with E-state index in [1.807, 2.05) is 13.0 Å². The van der Waals surface area contributed by atoms with Crippen LogP contribution in [-0.4, -0.2) is 25.3 Å². The molecule has 1 unspecified atom stereocenters. The van der Waals surface area contributed by atoms with Gasteiger partial charge in [0.1, 0.15) is 0 Å². The van der Waals surface area contributed by atoms with Gasteiger partial charge >= 0.3 is 6.03 Å². The molecular formula is C17H26N2O2. The van der Waals surface area contributed by atoms with E-state index >= 15 is 0 Å². The van der Waals surface area contributed by atoms with Gasteiger partial charge in [-0.05, 0) is 49.8 Å². The molecule has 1 aliphatic rings. The van der Waals surface area contributed by atoms with Crippen molar-refractivity contribution in [2.45, 2.75) is 52.1 Å². The summed E-state index contributed by atoms with van der Waals surface area (Å²) in [4.78, 5) is 11.9. The average molecular weight is 290 g/mol. The predicted molar refractivity (Wildman–Crippen MR) is 85.8 cm³/mol. The lowest BCUT2D eigenvalue weighted by molar-refractivity contribution is 0.112. The van der Waals surface area contributed by atoms with E-state index in [0.717, 1.165) is 37.1 Å². The molecule has 2 N–H and O–H groups in total. The van der Waals surface area contributed by atoms with Crippen LogP contribution >= 0.6 is 0 Å². The van der Waals surface area contributed by atoms with E-state index in [1.165, 1.54) is 18.4 Å². The first-order valence-electron chi connectivity index (χ1n) is 7.95. The Morgan fingerprint density at radius 3 is 2.95 bits per heavy atom. The zero-order chi connectivity index (χ0) is 15.1. The van der Waals surface area contributed by atoms with Crippen molar-refractivity contribution in [1.29, 1.82) is 0 Å². The van der Waals surface area contributed by atoms with Gasteiger partial charge in [0.05, 0.1) is 6.10 Å². The SMILES string of the molecule is CCCCc1ccc(NC(=O)NCC2CCCO2)c(C)c1. The van der Waals surface area contributed by atoms with E-state index in [4.69, 9.17) is 4.74 Å².